The van der Waals surface area contributed by atoms with E-state index < -0.39 is 0 Å². The van der Waals surface area contributed by atoms with Crippen molar-refractivity contribution in [3.8, 4) is 0 Å². The Morgan fingerprint density at radius 2 is 1.96 bits per heavy atom. The smallest absolute Gasteiger partial charge is 0.254 e. The molecular formula is C21H22BrN3O. The summed E-state index contributed by atoms with van der Waals surface area (Å²) in [6.45, 7) is 3.13. The third-order valence-electron chi connectivity index (χ3n) is 6.44. The van der Waals surface area contributed by atoms with E-state index >= 15 is 0 Å². The summed E-state index contributed by atoms with van der Waals surface area (Å²) in [4.78, 5) is 22.5. The molecule has 6 rings (SSSR count). The summed E-state index contributed by atoms with van der Waals surface area (Å²) in [6, 6.07) is 12.7. The fourth-order valence-electron chi connectivity index (χ4n) is 5.33. The lowest BCUT2D eigenvalue weighted by Gasteiger charge is -2.51. The molecule has 134 valence electrons. The van der Waals surface area contributed by atoms with E-state index in [4.69, 9.17) is 0 Å². The highest BCUT2D eigenvalue weighted by Crippen LogP contribution is 2.46. The maximum Gasteiger partial charge on any atom is 0.254 e. The number of benzene rings is 1. The zero-order chi connectivity index (χ0) is 17.7. The number of hydrogen-bond donors (Lipinski definition) is 0. The summed E-state index contributed by atoms with van der Waals surface area (Å²) < 4.78 is 0.955. The van der Waals surface area contributed by atoms with Crippen LogP contribution in [0.3, 0.4) is 0 Å². The van der Waals surface area contributed by atoms with E-state index in [-0.39, 0.29) is 5.91 Å². The third-order valence-corrected chi connectivity index (χ3v) is 6.93. The Labute approximate surface area is 162 Å². The Hall–Kier alpha value is -1.72. The highest BCUT2D eigenvalue weighted by Gasteiger charge is 2.54. The maximum atomic E-state index is 13.4. The van der Waals surface area contributed by atoms with Crippen molar-refractivity contribution in [1.29, 1.82) is 0 Å². The van der Waals surface area contributed by atoms with Crippen molar-refractivity contribution >= 4 is 21.8 Å². The molecule has 1 amide bonds. The van der Waals surface area contributed by atoms with Gasteiger partial charge in [-0.2, -0.15) is 0 Å². The molecule has 5 heteroatoms. The van der Waals surface area contributed by atoms with Crippen LogP contribution in [0.25, 0.3) is 0 Å². The van der Waals surface area contributed by atoms with Crippen LogP contribution in [-0.2, 0) is 0 Å². The van der Waals surface area contributed by atoms with Gasteiger partial charge < -0.3 is 4.90 Å². The first kappa shape index (κ1) is 16.5. The monoisotopic (exact) mass is 411 g/mol. The molecule has 1 aromatic heterocycles. The Kier molecular flexibility index (Phi) is 4.09. The minimum absolute atomic E-state index is 0.168. The third kappa shape index (κ3) is 2.60. The average Bonchev–Trinajstić information content (AvgIpc) is 3.12. The second kappa shape index (κ2) is 6.46. The molecule has 2 bridgehead atoms. The number of aromatic nitrogens is 1. The van der Waals surface area contributed by atoms with Gasteiger partial charge in [0.2, 0.25) is 0 Å². The predicted octanol–water partition coefficient (Wildman–Crippen LogP) is 3.55. The number of fused-ring (bicyclic) bond motifs is 2. The number of piperidine rings is 3. The van der Waals surface area contributed by atoms with Gasteiger partial charge in [-0.15, -0.1) is 0 Å². The van der Waals surface area contributed by atoms with Gasteiger partial charge in [-0.3, -0.25) is 14.7 Å². The summed E-state index contributed by atoms with van der Waals surface area (Å²) in [5.41, 5.74) is 2.04. The number of halogens is 1. The second-order valence-corrected chi connectivity index (χ2v) is 8.63. The molecule has 1 aromatic carbocycles. The Morgan fingerprint density at radius 1 is 1.12 bits per heavy atom. The number of nitrogens with zero attached hydrogens (tertiary/aromatic N) is 3. The molecule has 0 N–H and O–H groups in total. The highest BCUT2D eigenvalue weighted by atomic mass is 79.9. The highest BCUT2D eigenvalue weighted by molar-refractivity contribution is 9.10. The lowest BCUT2D eigenvalue weighted by molar-refractivity contribution is -0.00342. The molecule has 2 aromatic rings. The summed E-state index contributed by atoms with van der Waals surface area (Å²) in [5, 5.41) is 0. The van der Waals surface area contributed by atoms with Crippen LogP contribution < -0.4 is 0 Å². The van der Waals surface area contributed by atoms with Crippen molar-refractivity contribution < 1.29 is 4.79 Å². The van der Waals surface area contributed by atoms with E-state index in [1.54, 1.807) is 0 Å². The molecule has 4 saturated heterocycles. The van der Waals surface area contributed by atoms with Crippen LogP contribution in [-0.4, -0.2) is 52.4 Å². The first-order chi connectivity index (χ1) is 12.7. The first-order valence-electron chi connectivity index (χ1n) is 9.43. The van der Waals surface area contributed by atoms with Crippen molar-refractivity contribution in [2.24, 2.45) is 5.92 Å². The van der Waals surface area contributed by atoms with Gasteiger partial charge in [-0.1, -0.05) is 28.1 Å². The van der Waals surface area contributed by atoms with Gasteiger partial charge in [0, 0.05) is 40.9 Å². The van der Waals surface area contributed by atoms with Gasteiger partial charge in [0.15, 0.2) is 0 Å². The van der Waals surface area contributed by atoms with E-state index in [0.717, 1.165) is 16.6 Å². The molecule has 26 heavy (non-hydrogen) atoms. The van der Waals surface area contributed by atoms with Gasteiger partial charge in [-0.25, -0.2) is 0 Å². The van der Waals surface area contributed by atoms with Crippen LogP contribution in [0.15, 0.2) is 53.3 Å². The van der Waals surface area contributed by atoms with Crippen LogP contribution in [0.1, 0.15) is 34.7 Å². The lowest BCUT2D eigenvalue weighted by atomic mass is 9.75. The van der Waals surface area contributed by atoms with Crippen LogP contribution in [0.2, 0.25) is 0 Å². The molecule has 3 atom stereocenters. The zero-order valence-electron chi connectivity index (χ0n) is 14.6. The van der Waals surface area contributed by atoms with E-state index in [2.05, 4.69) is 36.8 Å². The molecule has 0 saturated carbocycles. The van der Waals surface area contributed by atoms with Crippen molar-refractivity contribution in [2.75, 3.05) is 19.6 Å². The normalized spacial score (nSPS) is 32.5. The van der Waals surface area contributed by atoms with Crippen LogP contribution in [0, 0.1) is 5.92 Å². The number of likely N-dealkylation sites (tertiary alicyclic amines) is 1. The Morgan fingerprint density at radius 3 is 2.69 bits per heavy atom. The molecule has 0 aliphatic carbocycles. The Balaban J connectivity index is 1.53. The summed E-state index contributed by atoms with van der Waals surface area (Å²) >= 11 is 3.50. The summed E-state index contributed by atoms with van der Waals surface area (Å²) in [5.74, 6) is 1.15. The average molecular weight is 412 g/mol. The largest absolute Gasteiger partial charge is 0.333 e. The van der Waals surface area contributed by atoms with Gasteiger partial charge in [0.25, 0.3) is 5.91 Å². The molecule has 4 aliphatic rings. The lowest BCUT2D eigenvalue weighted by Crippen LogP contribution is -2.60. The minimum atomic E-state index is 0.168. The molecule has 4 aliphatic heterocycles. The molecule has 0 radical (unpaired) electrons. The van der Waals surface area contributed by atoms with E-state index in [0.29, 0.717) is 23.9 Å². The van der Waals surface area contributed by atoms with E-state index in [1.165, 1.54) is 31.5 Å². The number of carbonyl (C=O) groups is 1. The SMILES string of the molecule is O=C(c1cccc(Br)c1)N1CC(c2cccnc2)C2C1C1CCN2CC1. The van der Waals surface area contributed by atoms with Gasteiger partial charge >= 0.3 is 0 Å². The van der Waals surface area contributed by atoms with Gasteiger partial charge in [0.1, 0.15) is 0 Å². The second-order valence-electron chi connectivity index (χ2n) is 7.72. The van der Waals surface area contributed by atoms with Crippen molar-refractivity contribution in [3.63, 3.8) is 0 Å². The fourth-order valence-corrected chi connectivity index (χ4v) is 5.73. The molecule has 4 fully saturated rings. The standard InChI is InChI=1S/C21H22BrN3O/c22-17-5-1-3-15(11-17)21(26)25-13-18(16-4-2-8-23-12-16)20-19(25)14-6-9-24(20)10-7-14/h1-5,8,11-12,14,18-20H,6-7,9-10,13H2. The Bertz CT molecular complexity index is 819. The van der Waals surface area contributed by atoms with Crippen molar-refractivity contribution in [1.82, 2.24) is 14.8 Å². The number of hydrogen-bond acceptors (Lipinski definition) is 3. The summed E-state index contributed by atoms with van der Waals surface area (Å²) in [7, 11) is 0. The molecular weight excluding hydrogens is 390 g/mol. The molecule has 3 unspecified atom stereocenters. The van der Waals surface area contributed by atoms with Crippen molar-refractivity contribution in [3.05, 3.63) is 64.4 Å². The van der Waals surface area contributed by atoms with Gasteiger partial charge in [0.05, 0.1) is 6.04 Å². The van der Waals surface area contributed by atoms with Crippen molar-refractivity contribution in [2.45, 2.75) is 30.8 Å². The number of carbonyl (C=O) groups excluding carboxylic acids is 1. The topological polar surface area (TPSA) is 36.4 Å². The predicted molar refractivity (Wildman–Crippen MR) is 104 cm³/mol. The molecule has 4 nitrogen and oxygen atoms in total. The maximum absolute atomic E-state index is 13.4. The summed E-state index contributed by atoms with van der Waals surface area (Å²) in [6.07, 6.45) is 6.23. The first-order valence-corrected chi connectivity index (χ1v) is 10.2. The number of pyridine rings is 1. The van der Waals surface area contributed by atoms with Gasteiger partial charge in [-0.05, 0) is 61.7 Å². The molecule has 0 spiro atoms. The number of amides is 1. The number of rotatable bonds is 2. The van der Waals surface area contributed by atoms with E-state index in [9.17, 15) is 4.79 Å². The minimum Gasteiger partial charge on any atom is -0.333 e. The van der Waals surface area contributed by atoms with E-state index in [1.807, 2.05) is 42.7 Å². The van der Waals surface area contributed by atoms with Crippen LogP contribution >= 0.6 is 15.9 Å². The van der Waals surface area contributed by atoms with Crippen LogP contribution in [0.5, 0.6) is 0 Å². The quantitative estimate of drug-likeness (QED) is 0.757. The molecule has 5 heterocycles. The zero-order valence-corrected chi connectivity index (χ0v) is 16.2. The van der Waals surface area contributed by atoms with Crippen LogP contribution in [0.4, 0.5) is 0 Å². The fraction of sp³-hybridized carbons (Fsp3) is 0.429.